The fraction of sp³-hybridized carbons (Fsp3) is 0.300. The van der Waals surface area contributed by atoms with Crippen molar-refractivity contribution >= 4 is 34.2 Å². The van der Waals surface area contributed by atoms with E-state index in [1.807, 2.05) is 46.0 Å². The molecule has 1 saturated heterocycles. The minimum atomic E-state index is -0.0799. The van der Waals surface area contributed by atoms with E-state index in [1.54, 1.807) is 6.20 Å². The van der Waals surface area contributed by atoms with Gasteiger partial charge in [-0.25, -0.2) is 4.98 Å². The molecule has 0 unspecified atom stereocenters. The van der Waals surface area contributed by atoms with Crippen LogP contribution in [0.15, 0.2) is 47.3 Å². The van der Waals surface area contributed by atoms with Gasteiger partial charge in [0, 0.05) is 50.2 Å². The smallest absolute Gasteiger partial charge is 0.274 e. The van der Waals surface area contributed by atoms with E-state index in [2.05, 4.69) is 20.2 Å². The number of carbonyl (C=O) groups is 2. The van der Waals surface area contributed by atoms with Crippen molar-refractivity contribution in [1.82, 2.24) is 25.1 Å². The number of amides is 2. The molecule has 1 fully saturated rings. The van der Waals surface area contributed by atoms with Crippen molar-refractivity contribution in [2.45, 2.75) is 0 Å². The standard InChI is InChI=1S/C20H21N5O2S/c26-19(15-5-12-28-14-15)21-6-7-24-8-10-25(11-9-24)20(27)18-13-22-16-3-1-2-4-17(16)23-18/h1-5,12-14H,6-11H2,(H,21,26). The normalized spacial score (nSPS) is 14.9. The molecule has 2 aromatic heterocycles. The van der Waals surface area contributed by atoms with Crippen LogP contribution >= 0.6 is 11.3 Å². The van der Waals surface area contributed by atoms with Crippen LogP contribution in [0.3, 0.4) is 0 Å². The van der Waals surface area contributed by atoms with Crippen LogP contribution in [0.25, 0.3) is 11.0 Å². The number of fused-ring (bicyclic) bond motifs is 1. The first-order valence-corrected chi connectivity index (χ1v) is 10.2. The fourth-order valence-electron chi connectivity index (χ4n) is 3.22. The third-order valence-electron chi connectivity index (χ3n) is 4.82. The molecule has 144 valence electrons. The van der Waals surface area contributed by atoms with Crippen molar-refractivity contribution in [3.05, 3.63) is 58.5 Å². The number of nitrogens with one attached hydrogen (secondary N) is 1. The monoisotopic (exact) mass is 395 g/mol. The summed E-state index contributed by atoms with van der Waals surface area (Å²) in [5.74, 6) is -0.117. The number of carbonyl (C=O) groups excluding carboxylic acids is 2. The zero-order chi connectivity index (χ0) is 19.3. The van der Waals surface area contributed by atoms with Gasteiger partial charge >= 0.3 is 0 Å². The second-order valence-corrected chi connectivity index (χ2v) is 7.43. The maximum absolute atomic E-state index is 12.7. The van der Waals surface area contributed by atoms with Crippen molar-refractivity contribution < 1.29 is 9.59 Å². The molecule has 0 bridgehead atoms. The maximum atomic E-state index is 12.7. The minimum Gasteiger partial charge on any atom is -0.351 e. The summed E-state index contributed by atoms with van der Waals surface area (Å²) in [6, 6.07) is 9.36. The van der Waals surface area contributed by atoms with Crippen LogP contribution in [-0.2, 0) is 0 Å². The van der Waals surface area contributed by atoms with Crippen molar-refractivity contribution in [3.63, 3.8) is 0 Å². The highest BCUT2D eigenvalue weighted by molar-refractivity contribution is 7.08. The lowest BCUT2D eigenvalue weighted by molar-refractivity contribution is 0.0632. The molecule has 0 atom stereocenters. The number of rotatable bonds is 5. The Morgan fingerprint density at radius 3 is 2.61 bits per heavy atom. The van der Waals surface area contributed by atoms with Gasteiger partial charge in [-0.15, -0.1) is 0 Å². The van der Waals surface area contributed by atoms with Gasteiger partial charge in [-0.1, -0.05) is 12.1 Å². The molecule has 4 rings (SSSR count). The SMILES string of the molecule is O=C(NCCN1CCN(C(=O)c2cnc3ccccc3n2)CC1)c1ccsc1. The Bertz CT molecular complexity index is 968. The van der Waals surface area contributed by atoms with Gasteiger partial charge < -0.3 is 10.2 Å². The van der Waals surface area contributed by atoms with Crippen LogP contribution in [0.5, 0.6) is 0 Å². The highest BCUT2D eigenvalue weighted by atomic mass is 32.1. The van der Waals surface area contributed by atoms with E-state index >= 15 is 0 Å². The first-order valence-electron chi connectivity index (χ1n) is 9.24. The first-order chi connectivity index (χ1) is 13.7. The van der Waals surface area contributed by atoms with Crippen LogP contribution in [0.4, 0.5) is 0 Å². The van der Waals surface area contributed by atoms with Gasteiger partial charge in [0.15, 0.2) is 0 Å². The third kappa shape index (κ3) is 4.18. The van der Waals surface area contributed by atoms with E-state index in [-0.39, 0.29) is 11.8 Å². The molecule has 0 saturated carbocycles. The van der Waals surface area contributed by atoms with E-state index in [0.29, 0.717) is 30.9 Å². The number of aromatic nitrogens is 2. The number of nitrogens with zero attached hydrogens (tertiary/aromatic N) is 4. The predicted octanol–water partition coefficient (Wildman–Crippen LogP) is 1.88. The zero-order valence-corrected chi connectivity index (χ0v) is 16.2. The topological polar surface area (TPSA) is 78.4 Å². The Morgan fingerprint density at radius 1 is 1.07 bits per heavy atom. The molecule has 0 aliphatic carbocycles. The number of benzene rings is 1. The van der Waals surface area contributed by atoms with Gasteiger partial charge in [-0.3, -0.25) is 19.5 Å². The summed E-state index contributed by atoms with van der Waals surface area (Å²) in [5, 5.41) is 6.67. The zero-order valence-electron chi connectivity index (χ0n) is 15.4. The summed E-state index contributed by atoms with van der Waals surface area (Å²) in [7, 11) is 0. The highest BCUT2D eigenvalue weighted by Crippen LogP contribution is 2.12. The first kappa shape index (κ1) is 18.5. The molecule has 28 heavy (non-hydrogen) atoms. The van der Waals surface area contributed by atoms with Crippen LogP contribution in [-0.4, -0.2) is 70.9 Å². The second-order valence-electron chi connectivity index (χ2n) is 6.65. The minimum absolute atomic E-state index is 0.0371. The van der Waals surface area contributed by atoms with E-state index in [9.17, 15) is 9.59 Å². The largest absolute Gasteiger partial charge is 0.351 e. The Hall–Kier alpha value is -2.84. The van der Waals surface area contributed by atoms with E-state index < -0.39 is 0 Å². The van der Waals surface area contributed by atoms with Crippen molar-refractivity contribution in [2.24, 2.45) is 0 Å². The Morgan fingerprint density at radius 2 is 1.86 bits per heavy atom. The van der Waals surface area contributed by atoms with Gasteiger partial charge in [-0.2, -0.15) is 11.3 Å². The average Bonchev–Trinajstić information content (AvgIpc) is 3.28. The van der Waals surface area contributed by atoms with E-state index in [0.717, 1.165) is 30.7 Å². The van der Waals surface area contributed by atoms with Crippen LogP contribution in [0.2, 0.25) is 0 Å². The van der Waals surface area contributed by atoms with Crippen LogP contribution in [0.1, 0.15) is 20.8 Å². The fourth-order valence-corrected chi connectivity index (χ4v) is 3.86. The highest BCUT2D eigenvalue weighted by Gasteiger charge is 2.23. The number of thiophene rings is 1. The molecule has 8 heteroatoms. The van der Waals surface area contributed by atoms with Crippen molar-refractivity contribution in [3.8, 4) is 0 Å². The molecule has 0 radical (unpaired) electrons. The number of hydrogen-bond donors (Lipinski definition) is 1. The van der Waals surface area contributed by atoms with Crippen LogP contribution in [0, 0.1) is 0 Å². The lowest BCUT2D eigenvalue weighted by atomic mass is 10.2. The summed E-state index contributed by atoms with van der Waals surface area (Å²) in [6.07, 6.45) is 1.55. The lowest BCUT2D eigenvalue weighted by Crippen LogP contribution is -2.50. The van der Waals surface area contributed by atoms with Crippen molar-refractivity contribution in [2.75, 3.05) is 39.3 Å². The number of para-hydroxylation sites is 2. The third-order valence-corrected chi connectivity index (χ3v) is 5.51. The van der Waals surface area contributed by atoms with Crippen LogP contribution < -0.4 is 5.32 Å². The molecule has 7 nitrogen and oxygen atoms in total. The van der Waals surface area contributed by atoms with Gasteiger partial charge in [0.1, 0.15) is 5.69 Å². The Balaban J connectivity index is 1.26. The Labute approximate surface area is 167 Å². The summed E-state index contributed by atoms with van der Waals surface area (Å²) in [6.45, 7) is 4.21. The molecule has 0 spiro atoms. The molecule has 3 aromatic rings. The summed E-state index contributed by atoms with van der Waals surface area (Å²) < 4.78 is 0. The van der Waals surface area contributed by atoms with E-state index in [1.165, 1.54) is 11.3 Å². The molecule has 1 aromatic carbocycles. The summed E-state index contributed by atoms with van der Waals surface area (Å²) in [5.41, 5.74) is 2.61. The van der Waals surface area contributed by atoms with Gasteiger partial charge in [-0.05, 0) is 23.6 Å². The average molecular weight is 395 g/mol. The van der Waals surface area contributed by atoms with E-state index in [4.69, 9.17) is 0 Å². The van der Waals surface area contributed by atoms with Gasteiger partial charge in [0.2, 0.25) is 0 Å². The number of hydrogen-bond acceptors (Lipinski definition) is 6. The lowest BCUT2D eigenvalue weighted by Gasteiger charge is -2.34. The molecular formula is C20H21N5O2S. The number of piperazine rings is 1. The summed E-state index contributed by atoms with van der Waals surface area (Å²) >= 11 is 1.51. The van der Waals surface area contributed by atoms with Crippen molar-refractivity contribution in [1.29, 1.82) is 0 Å². The molecule has 1 aliphatic rings. The molecule has 1 N–H and O–H groups in total. The second kappa shape index (κ2) is 8.45. The summed E-state index contributed by atoms with van der Waals surface area (Å²) in [4.78, 5) is 37.5. The molecule has 2 amide bonds. The maximum Gasteiger partial charge on any atom is 0.274 e. The quantitative estimate of drug-likeness (QED) is 0.714. The van der Waals surface area contributed by atoms with Gasteiger partial charge in [0.25, 0.3) is 11.8 Å². The molecule has 1 aliphatic heterocycles. The predicted molar refractivity (Wildman–Crippen MR) is 109 cm³/mol. The molecular weight excluding hydrogens is 374 g/mol. The Kier molecular flexibility index (Phi) is 5.59. The molecule has 3 heterocycles. The van der Waals surface area contributed by atoms with Gasteiger partial charge in [0.05, 0.1) is 17.2 Å².